The quantitative estimate of drug-likeness (QED) is 0.352. The number of carboxylic acid groups (broad SMARTS) is 1. The van der Waals surface area contributed by atoms with Crippen molar-refractivity contribution >= 4 is 5.97 Å². The summed E-state index contributed by atoms with van der Waals surface area (Å²) in [6.07, 6.45) is -6.69. The van der Waals surface area contributed by atoms with Gasteiger partial charge in [-0.05, 0) is 63.1 Å². The largest absolute Gasteiger partial charge is 0.586 e. The highest BCUT2D eigenvalue weighted by atomic mass is 19.4. The number of hydrogen-bond donors (Lipinski definition) is 1. The molecule has 3 aromatic rings. The van der Waals surface area contributed by atoms with Crippen molar-refractivity contribution < 1.29 is 50.8 Å². The highest BCUT2D eigenvalue weighted by molar-refractivity contribution is 5.79. The van der Waals surface area contributed by atoms with Crippen molar-refractivity contribution in [2.45, 2.75) is 75.7 Å². The van der Waals surface area contributed by atoms with Gasteiger partial charge < -0.3 is 24.1 Å². The fourth-order valence-electron chi connectivity index (χ4n) is 6.51. The Morgan fingerprint density at radius 3 is 2.62 bits per heavy atom. The lowest BCUT2D eigenvalue weighted by Crippen LogP contribution is -2.71. The van der Waals surface area contributed by atoms with Gasteiger partial charge in [-0.15, -0.1) is 13.9 Å². The molecule has 3 heterocycles. The summed E-state index contributed by atoms with van der Waals surface area (Å²) in [6.45, 7) is 1.62. The van der Waals surface area contributed by atoms with Crippen molar-refractivity contribution in [3.05, 3.63) is 53.0 Å². The van der Waals surface area contributed by atoms with Crippen LogP contribution in [0.5, 0.6) is 17.4 Å². The van der Waals surface area contributed by atoms with Gasteiger partial charge in [0.2, 0.25) is 5.88 Å². The van der Waals surface area contributed by atoms with Crippen LogP contribution in [-0.4, -0.2) is 42.9 Å². The molecule has 1 aliphatic heterocycles. The maximum absolute atomic E-state index is 14.1. The van der Waals surface area contributed by atoms with Crippen LogP contribution in [0, 0.1) is 5.41 Å². The third-order valence-corrected chi connectivity index (χ3v) is 8.37. The van der Waals surface area contributed by atoms with Gasteiger partial charge in [0.05, 0.1) is 28.6 Å². The minimum absolute atomic E-state index is 0.0307. The van der Waals surface area contributed by atoms with Gasteiger partial charge in [-0.2, -0.15) is 23.4 Å². The molecule has 15 heteroatoms. The lowest BCUT2D eigenvalue weighted by molar-refractivity contribution is -0.300. The van der Waals surface area contributed by atoms with Gasteiger partial charge in [-0.3, -0.25) is 4.79 Å². The van der Waals surface area contributed by atoms with Crippen LogP contribution in [0.3, 0.4) is 0 Å². The third-order valence-electron chi connectivity index (χ3n) is 8.37. The van der Waals surface area contributed by atoms with Crippen LogP contribution in [-0.2, 0) is 22.1 Å². The number of hydrogen-bond acceptors (Lipinski definition) is 8. The van der Waals surface area contributed by atoms with E-state index in [0.29, 0.717) is 37.7 Å². The number of nitrogens with zero attached hydrogens (tertiary/aromatic N) is 4. The van der Waals surface area contributed by atoms with Crippen molar-refractivity contribution in [2.75, 3.05) is 0 Å². The molecular weight excluding hydrogens is 571 g/mol. The van der Waals surface area contributed by atoms with Crippen molar-refractivity contribution in [3.63, 3.8) is 0 Å². The van der Waals surface area contributed by atoms with Crippen molar-refractivity contribution in [3.8, 4) is 23.1 Å². The number of carbonyl (C=O) groups is 1. The van der Waals surface area contributed by atoms with E-state index >= 15 is 0 Å². The topological polar surface area (TPSA) is 118 Å². The average molecular weight is 594 g/mol. The van der Waals surface area contributed by atoms with E-state index in [1.807, 2.05) is 0 Å². The highest BCUT2D eigenvalue weighted by Gasteiger charge is 2.73. The van der Waals surface area contributed by atoms with E-state index in [4.69, 9.17) is 9.47 Å². The molecular formula is C27H23F5N4O6. The number of halogens is 5. The van der Waals surface area contributed by atoms with E-state index in [2.05, 4.69) is 24.8 Å². The molecule has 1 aromatic carbocycles. The summed E-state index contributed by atoms with van der Waals surface area (Å²) in [5.74, 6) is -1.22. The fourth-order valence-corrected chi connectivity index (χ4v) is 6.51. The molecule has 0 amide bonds. The molecule has 0 radical (unpaired) electrons. The molecule has 1 N–H and O–H groups in total. The molecule has 2 aromatic heterocycles. The lowest BCUT2D eigenvalue weighted by Gasteiger charge is -2.67. The van der Waals surface area contributed by atoms with Crippen LogP contribution in [0.2, 0.25) is 0 Å². The molecule has 10 nitrogen and oxygen atoms in total. The smallest absolute Gasteiger partial charge is 0.481 e. The Labute approximate surface area is 234 Å². The van der Waals surface area contributed by atoms with Crippen molar-refractivity contribution in [2.24, 2.45) is 5.41 Å². The second-order valence-corrected chi connectivity index (χ2v) is 11.3. The van der Waals surface area contributed by atoms with E-state index in [1.54, 1.807) is 6.92 Å². The van der Waals surface area contributed by atoms with Crippen molar-refractivity contribution in [1.29, 1.82) is 0 Å². The van der Waals surface area contributed by atoms with E-state index in [0.717, 1.165) is 4.68 Å². The first-order chi connectivity index (χ1) is 19.8. The molecule has 0 unspecified atom stereocenters. The monoisotopic (exact) mass is 594 g/mol. The maximum Gasteiger partial charge on any atom is 0.586 e. The van der Waals surface area contributed by atoms with Gasteiger partial charge in [0.15, 0.2) is 17.2 Å². The van der Waals surface area contributed by atoms with Gasteiger partial charge in [0.25, 0.3) is 0 Å². The number of carboxylic acids is 1. The summed E-state index contributed by atoms with van der Waals surface area (Å²) in [5, 5.41) is 21.2. The van der Waals surface area contributed by atoms with Crippen LogP contribution in [0.4, 0.5) is 22.0 Å². The van der Waals surface area contributed by atoms with Gasteiger partial charge in [-0.1, -0.05) is 6.07 Å². The van der Waals surface area contributed by atoms with E-state index in [-0.39, 0.29) is 40.7 Å². The molecule has 3 saturated carbocycles. The number of fused-ring (bicyclic) bond motifs is 2. The molecule has 4 aliphatic carbocycles. The van der Waals surface area contributed by atoms with Gasteiger partial charge in [-0.25, -0.2) is 4.68 Å². The number of alkyl halides is 5. The Bertz CT molecular complexity index is 1590. The minimum Gasteiger partial charge on any atom is -0.481 e. The molecule has 0 saturated heterocycles. The first kappa shape index (κ1) is 26.9. The van der Waals surface area contributed by atoms with E-state index < -0.39 is 47.4 Å². The number of ether oxygens (including phenoxy) is 4. The fraction of sp³-hybridized carbons (Fsp3) is 0.481. The van der Waals surface area contributed by atoms with Crippen LogP contribution in [0.25, 0.3) is 5.69 Å². The predicted octanol–water partition coefficient (Wildman–Crippen LogP) is 5.54. The van der Waals surface area contributed by atoms with Crippen molar-refractivity contribution in [1.82, 2.24) is 20.0 Å². The molecule has 0 spiro atoms. The summed E-state index contributed by atoms with van der Waals surface area (Å²) in [6, 6.07) is 5.53. The number of rotatable bonds is 7. The standard InChI is InChI=1S/C27H23F5N4O6/c1-13(14-5-6-17-19(7-14)42-27(31,32)41-17)39-20-8-15(9-33-34-20)36-21-16(22(35-36)26(28,29)30)3-2-4-18(21)40-25-10-24(11-25,12-25)23(37)38/h5-9,13,18H,2-4,10-12H2,1H3,(H,37,38)/t13-,18+,24?,25?/m0/s1. The Hall–Kier alpha value is -4.01. The summed E-state index contributed by atoms with van der Waals surface area (Å²) < 4.78 is 91.3. The Kier molecular flexibility index (Phi) is 5.60. The average Bonchev–Trinajstić information content (AvgIpc) is 3.41. The highest BCUT2D eigenvalue weighted by Crippen LogP contribution is 2.70. The SMILES string of the molecule is C[C@H](Oc1cc(-n2nc(C(F)(F)F)c3c2[C@H](OC24CC(C(=O)O)(C2)C4)CCC3)cnn1)c1ccc2c(c1)OC(F)(F)O2. The molecule has 8 rings (SSSR count). The normalized spacial score (nSPS) is 27.4. The summed E-state index contributed by atoms with van der Waals surface area (Å²) in [7, 11) is 0. The molecule has 5 aliphatic rings. The second kappa shape index (κ2) is 8.75. The zero-order chi connectivity index (χ0) is 29.7. The molecule has 2 atom stereocenters. The zero-order valence-electron chi connectivity index (χ0n) is 22.0. The molecule has 3 fully saturated rings. The number of aliphatic carboxylic acids is 1. The molecule has 42 heavy (non-hydrogen) atoms. The number of aromatic nitrogens is 4. The second-order valence-electron chi connectivity index (χ2n) is 11.3. The van der Waals surface area contributed by atoms with Crippen LogP contribution in [0.15, 0.2) is 30.5 Å². The Morgan fingerprint density at radius 2 is 1.90 bits per heavy atom. The maximum atomic E-state index is 14.1. The Balaban J connectivity index is 1.18. The molecule has 222 valence electrons. The summed E-state index contributed by atoms with van der Waals surface area (Å²) >= 11 is 0. The minimum atomic E-state index is -4.72. The first-order valence-electron chi connectivity index (χ1n) is 13.3. The van der Waals surface area contributed by atoms with E-state index in [1.165, 1.54) is 30.5 Å². The third kappa shape index (κ3) is 4.24. The van der Waals surface area contributed by atoms with Gasteiger partial charge >= 0.3 is 18.4 Å². The zero-order valence-corrected chi connectivity index (χ0v) is 22.0. The van der Waals surface area contributed by atoms with Crippen LogP contribution >= 0.6 is 0 Å². The first-order valence-corrected chi connectivity index (χ1v) is 13.3. The Morgan fingerprint density at radius 1 is 1.17 bits per heavy atom. The molecule has 2 bridgehead atoms. The van der Waals surface area contributed by atoms with Gasteiger partial charge in [0.1, 0.15) is 12.2 Å². The van der Waals surface area contributed by atoms with Crippen LogP contribution in [0.1, 0.15) is 73.8 Å². The van der Waals surface area contributed by atoms with Crippen LogP contribution < -0.4 is 14.2 Å². The van der Waals surface area contributed by atoms with Gasteiger partial charge in [0, 0.05) is 11.6 Å². The number of benzene rings is 1. The predicted molar refractivity (Wildman–Crippen MR) is 129 cm³/mol. The van der Waals surface area contributed by atoms with E-state index in [9.17, 15) is 31.9 Å². The summed E-state index contributed by atoms with van der Waals surface area (Å²) in [4.78, 5) is 11.5. The lowest BCUT2D eigenvalue weighted by atomic mass is 9.41. The summed E-state index contributed by atoms with van der Waals surface area (Å²) in [5.41, 5.74) is -1.61.